The third-order valence-electron chi connectivity index (χ3n) is 3.89. The molecule has 0 spiro atoms. The summed E-state index contributed by atoms with van der Waals surface area (Å²) in [6.45, 7) is 0.975. The summed E-state index contributed by atoms with van der Waals surface area (Å²) in [5, 5.41) is 4.02. The van der Waals surface area contributed by atoms with E-state index < -0.39 is 0 Å². The van der Waals surface area contributed by atoms with Crippen LogP contribution in [0.15, 0.2) is 47.0 Å². The van der Waals surface area contributed by atoms with Crippen molar-refractivity contribution in [2.45, 2.75) is 13.1 Å². The lowest BCUT2D eigenvalue weighted by Crippen LogP contribution is -2.17. The highest BCUT2D eigenvalue weighted by Crippen LogP contribution is 2.27. The maximum absolute atomic E-state index is 13.8. The quantitative estimate of drug-likeness (QED) is 0.645. The first-order valence-electron chi connectivity index (χ1n) is 8.07. The first-order valence-corrected chi connectivity index (χ1v) is 8.07. The van der Waals surface area contributed by atoms with Gasteiger partial charge in [0.05, 0.1) is 26.3 Å². The standard InChI is InChI=1S/C19H20FN3O3/c1-23(11-13-8-9-17(25-3)15(20)10-13)12-18-21-19(22-26-18)14-6-4-5-7-16(14)24-2/h4-10H,11-12H2,1-3H3. The smallest absolute Gasteiger partial charge is 0.241 e. The highest BCUT2D eigenvalue weighted by molar-refractivity contribution is 5.63. The highest BCUT2D eigenvalue weighted by atomic mass is 19.1. The van der Waals surface area contributed by atoms with Crippen molar-refractivity contribution in [2.24, 2.45) is 0 Å². The molecule has 0 atom stereocenters. The van der Waals surface area contributed by atoms with Crippen molar-refractivity contribution in [1.82, 2.24) is 15.0 Å². The van der Waals surface area contributed by atoms with Crippen LogP contribution >= 0.6 is 0 Å². The van der Waals surface area contributed by atoms with Crippen LogP contribution in [0.4, 0.5) is 4.39 Å². The summed E-state index contributed by atoms with van der Waals surface area (Å²) < 4.78 is 29.4. The largest absolute Gasteiger partial charge is 0.496 e. The molecule has 0 saturated heterocycles. The van der Waals surface area contributed by atoms with Crippen molar-refractivity contribution in [3.63, 3.8) is 0 Å². The third-order valence-corrected chi connectivity index (χ3v) is 3.89. The van der Waals surface area contributed by atoms with Gasteiger partial charge in [0.1, 0.15) is 5.75 Å². The molecular weight excluding hydrogens is 337 g/mol. The number of benzene rings is 2. The van der Waals surface area contributed by atoms with Crippen LogP contribution in [0.3, 0.4) is 0 Å². The Morgan fingerprint density at radius 1 is 1.04 bits per heavy atom. The Morgan fingerprint density at radius 3 is 2.54 bits per heavy atom. The molecule has 0 aliphatic heterocycles. The van der Waals surface area contributed by atoms with Gasteiger partial charge in [-0.05, 0) is 36.9 Å². The van der Waals surface area contributed by atoms with Gasteiger partial charge in [0.2, 0.25) is 11.7 Å². The van der Waals surface area contributed by atoms with Crippen LogP contribution in [-0.4, -0.2) is 36.3 Å². The van der Waals surface area contributed by atoms with Gasteiger partial charge in [-0.15, -0.1) is 0 Å². The Hall–Kier alpha value is -2.93. The third kappa shape index (κ3) is 4.00. The zero-order chi connectivity index (χ0) is 18.5. The van der Waals surface area contributed by atoms with Crippen molar-refractivity contribution in [3.8, 4) is 22.9 Å². The fraction of sp³-hybridized carbons (Fsp3) is 0.263. The number of halogens is 1. The van der Waals surface area contributed by atoms with Gasteiger partial charge in [-0.1, -0.05) is 23.4 Å². The van der Waals surface area contributed by atoms with Crippen molar-refractivity contribution in [3.05, 3.63) is 59.7 Å². The Morgan fingerprint density at radius 2 is 1.81 bits per heavy atom. The number of nitrogens with zero attached hydrogens (tertiary/aromatic N) is 3. The Kier molecular flexibility index (Phi) is 5.48. The zero-order valence-corrected chi connectivity index (χ0v) is 14.9. The summed E-state index contributed by atoms with van der Waals surface area (Å²) in [6, 6.07) is 12.4. The van der Waals surface area contributed by atoms with Gasteiger partial charge in [0, 0.05) is 6.54 Å². The molecule has 6 nitrogen and oxygen atoms in total. The van der Waals surface area contributed by atoms with Gasteiger partial charge >= 0.3 is 0 Å². The van der Waals surface area contributed by atoms with Gasteiger partial charge in [-0.25, -0.2) is 4.39 Å². The first-order chi connectivity index (χ1) is 12.6. The van der Waals surface area contributed by atoms with Crippen LogP contribution in [0, 0.1) is 5.82 Å². The van der Waals surface area contributed by atoms with E-state index in [1.165, 1.54) is 13.2 Å². The fourth-order valence-electron chi connectivity index (χ4n) is 2.66. The lowest BCUT2D eigenvalue weighted by atomic mass is 10.2. The molecular formula is C19H20FN3O3. The number of hydrogen-bond acceptors (Lipinski definition) is 6. The number of aromatic nitrogens is 2. The average Bonchev–Trinajstić information content (AvgIpc) is 3.10. The monoisotopic (exact) mass is 357 g/mol. The predicted octanol–water partition coefficient (Wildman–Crippen LogP) is 3.52. The zero-order valence-electron chi connectivity index (χ0n) is 14.9. The van der Waals surface area contributed by atoms with Gasteiger partial charge in [0.15, 0.2) is 11.6 Å². The van der Waals surface area contributed by atoms with Crippen molar-refractivity contribution in [2.75, 3.05) is 21.3 Å². The van der Waals surface area contributed by atoms with Crippen molar-refractivity contribution < 1.29 is 18.4 Å². The normalized spacial score (nSPS) is 11.0. The van der Waals surface area contributed by atoms with E-state index in [1.54, 1.807) is 13.2 Å². The maximum atomic E-state index is 13.8. The molecule has 0 unspecified atom stereocenters. The van der Waals surface area contributed by atoms with E-state index in [0.717, 1.165) is 11.1 Å². The van der Waals surface area contributed by atoms with Crippen LogP contribution in [0.25, 0.3) is 11.4 Å². The molecule has 0 bridgehead atoms. The van der Waals surface area contributed by atoms with Gasteiger partial charge < -0.3 is 14.0 Å². The second-order valence-electron chi connectivity index (χ2n) is 5.85. The van der Waals surface area contributed by atoms with Crippen molar-refractivity contribution >= 4 is 0 Å². The first kappa shape index (κ1) is 17.9. The van der Waals surface area contributed by atoms with Crippen molar-refractivity contribution in [1.29, 1.82) is 0 Å². The van der Waals surface area contributed by atoms with E-state index >= 15 is 0 Å². The Labute approximate surface area is 151 Å². The second-order valence-corrected chi connectivity index (χ2v) is 5.85. The van der Waals surface area contributed by atoms with E-state index in [4.69, 9.17) is 14.0 Å². The number of rotatable bonds is 7. The summed E-state index contributed by atoms with van der Waals surface area (Å²) in [5.41, 5.74) is 1.60. The summed E-state index contributed by atoms with van der Waals surface area (Å²) in [6.07, 6.45) is 0. The highest BCUT2D eigenvalue weighted by Gasteiger charge is 2.14. The van der Waals surface area contributed by atoms with Gasteiger partial charge in [-0.2, -0.15) is 4.98 Å². The number of methoxy groups -OCH3 is 2. The summed E-state index contributed by atoms with van der Waals surface area (Å²) >= 11 is 0. The lowest BCUT2D eigenvalue weighted by Gasteiger charge is -2.14. The number of para-hydroxylation sites is 1. The van der Waals surface area contributed by atoms with Crippen LogP contribution in [0.1, 0.15) is 11.5 Å². The molecule has 1 heterocycles. The van der Waals surface area contributed by atoms with E-state index in [1.807, 2.05) is 42.3 Å². The molecule has 1 aromatic heterocycles. The topological polar surface area (TPSA) is 60.6 Å². The number of ether oxygens (including phenoxy) is 2. The molecule has 0 N–H and O–H groups in total. The molecule has 0 aliphatic rings. The van der Waals surface area contributed by atoms with Gasteiger partial charge in [-0.3, -0.25) is 4.90 Å². The summed E-state index contributed by atoms with van der Waals surface area (Å²) in [7, 11) is 4.94. The molecule has 0 saturated carbocycles. The molecule has 0 aliphatic carbocycles. The van der Waals surface area contributed by atoms with E-state index in [9.17, 15) is 4.39 Å². The Balaban J connectivity index is 1.68. The fourth-order valence-corrected chi connectivity index (χ4v) is 2.66. The van der Waals surface area contributed by atoms with Crippen LogP contribution in [0.5, 0.6) is 11.5 Å². The molecule has 3 aromatic rings. The predicted molar refractivity (Wildman–Crippen MR) is 94.4 cm³/mol. The molecule has 0 fully saturated rings. The molecule has 7 heteroatoms. The second kappa shape index (κ2) is 7.97. The lowest BCUT2D eigenvalue weighted by molar-refractivity contribution is 0.260. The molecule has 0 radical (unpaired) electrons. The minimum absolute atomic E-state index is 0.231. The molecule has 3 rings (SSSR count). The maximum Gasteiger partial charge on any atom is 0.241 e. The molecule has 26 heavy (non-hydrogen) atoms. The minimum Gasteiger partial charge on any atom is -0.496 e. The van der Waals surface area contributed by atoms with E-state index in [0.29, 0.717) is 30.6 Å². The summed E-state index contributed by atoms with van der Waals surface area (Å²) in [5.74, 6) is 1.48. The van der Waals surface area contributed by atoms with Gasteiger partial charge in [0.25, 0.3) is 0 Å². The molecule has 2 aromatic carbocycles. The molecule has 136 valence electrons. The van der Waals surface area contributed by atoms with E-state index in [2.05, 4.69) is 10.1 Å². The number of hydrogen-bond donors (Lipinski definition) is 0. The van der Waals surface area contributed by atoms with E-state index in [-0.39, 0.29) is 11.6 Å². The van der Waals surface area contributed by atoms with Crippen LogP contribution in [-0.2, 0) is 13.1 Å². The SMILES string of the molecule is COc1ccc(CN(C)Cc2nc(-c3ccccc3OC)no2)cc1F. The van der Waals surface area contributed by atoms with Crippen LogP contribution < -0.4 is 9.47 Å². The Bertz CT molecular complexity index is 882. The summed E-state index contributed by atoms with van der Waals surface area (Å²) in [4.78, 5) is 6.38. The minimum atomic E-state index is -0.380. The average molecular weight is 357 g/mol. The van der Waals surface area contributed by atoms with Crippen LogP contribution in [0.2, 0.25) is 0 Å². The molecule has 0 amide bonds.